The number of carbonyl (C=O) groups is 1. The molecule has 0 saturated heterocycles. The van der Waals surface area contributed by atoms with E-state index in [0.29, 0.717) is 32.5 Å². The average molecular weight is 352 g/mol. The van der Waals surface area contributed by atoms with Crippen LogP contribution in [0.25, 0.3) is 0 Å². The van der Waals surface area contributed by atoms with Gasteiger partial charge in [-0.3, -0.25) is 10.1 Å². The minimum atomic E-state index is -0.337. The molecular weight excluding hydrogens is 343 g/mol. The number of benzene rings is 1. The molecular formula is C12H9Cl3N2O2S. The minimum absolute atomic E-state index is 0.185. The van der Waals surface area contributed by atoms with Crippen molar-refractivity contribution < 1.29 is 9.53 Å². The van der Waals surface area contributed by atoms with Crippen LogP contribution in [-0.2, 0) is 10.7 Å². The van der Waals surface area contributed by atoms with E-state index in [0.717, 1.165) is 0 Å². The molecule has 1 aromatic heterocycles. The Morgan fingerprint density at radius 3 is 2.90 bits per heavy atom. The third-order valence-electron chi connectivity index (χ3n) is 2.19. The van der Waals surface area contributed by atoms with Crippen LogP contribution in [0, 0.1) is 0 Å². The van der Waals surface area contributed by atoms with Crippen LogP contribution in [0.2, 0.25) is 10.0 Å². The largest absolute Gasteiger partial charge is 0.482 e. The summed E-state index contributed by atoms with van der Waals surface area (Å²) in [6.07, 6.45) is 0. The lowest BCUT2D eigenvalue weighted by molar-refractivity contribution is -0.118. The molecule has 0 aliphatic carbocycles. The van der Waals surface area contributed by atoms with Crippen LogP contribution in [0.1, 0.15) is 5.69 Å². The summed E-state index contributed by atoms with van der Waals surface area (Å²) in [5.74, 6) is 0.326. The van der Waals surface area contributed by atoms with Crippen LogP contribution in [0.3, 0.4) is 0 Å². The highest BCUT2D eigenvalue weighted by molar-refractivity contribution is 7.13. The Kier molecular flexibility index (Phi) is 5.48. The van der Waals surface area contributed by atoms with Crippen molar-refractivity contribution in [1.29, 1.82) is 0 Å². The summed E-state index contributed by atoms with van der Waals surface area (Å²) in [5.41, 5.74) is 0.714. The maximum absolute atomic E-state index is 11.7. The van der Waals surface area contributed by atoms with E-state index in [2.05, 4.69) is 10.3 Å². The molecule has 0 atom stereocenters. The Labute approximate surface area is 134 Å². The number of hydrogen-bond donors (Lipinski definition) is 1. The minimum Gasteiger partial charge on any atom is -0.482 e. The van der Waals surface area contributed by atoms with Crippen molar-refractivity contribution in [2.24, 2.45) is 0 Å². The third-order valence-corrected chi connectivity index (χ3v) is 3.81. The highest BCUT2D eigenvalue weighted by Gasteiger charge is 2.09. The smallest absolute Gasteiger partial charge is 0.264 e. The molecule has 0 unspecified atom stereocenters. The molecule has 1 N–H and O–H groups in total. The number of carbonyl (C=O) groups excluding carboxylic acids is 1. The molecule has 106 valence electrons. The van der Waals surface area contributed by atoms with Gasteiger partial charge in [-0.05, 0) is 12.1 Å². The topological polar surface area (TPSA) is 51.2 Å². The molecule has 0 fully saturated rings. The molecule has 0 aliphatic rings. The van der Waals surface area contributed by atoms with Gasteiger partial charge in [-0.15, -0.1) is 22.9 Å². The summed E-state index contributed by atoms with van der Waals surface area (Å²) >= 11 is 18.7. The number of thiazole rings is 1. The van der Waals surface area contributed by atoms with E-state index in [1.165, 1.54) is 11.3 Å². The predicted molar refractivity (Wildman–Crippen MR) is 82.3 cm³/mol. The van der Waals surface area contributed by atoms with Gasteiger partial charge in [0.15, 0.2) is 11.7 Å². The molecule has 0 saturated carbocycles. The van der Waals surface area contributed by atoms with Gasteiger partial charge in [-0.2, -0.15) is 0 Å². The summed E-state index contributed by atoms with van der Waals surface area (Å²) in [4.78, 5) is 15.8. The number of hydrogen-bond acceptors (Lipinski definition) is 4. The van der Waals surface area contributed by atoms with Crippen molar-refractivity contribution >= 4 is 57.2 Å². The van der Waals surface area contributed by atoms with E-state index >= 15 is 0 Å². The van der Waals surface area contributed by atoms with Crippen molar-refractivity contribution in [3.05, 3.63) is 39.3 Å². The third kappa shape index (κ3) is 4.24. The lowest BCUT2D eigenvalue weighted by Gasteiger charge is -2.07. The van der Waals surface area contributed by atoms with Gasteiger partial charge in [0.1, 0.15) is 5.75 Å². The molecule has 1 aromatic carbocycles. The van der Waals surface area contributed by atoms with Crippen molar-refractivity contribution in [1.82, 2.24) is 4.98 Å². The number of aromatic nitrogens is 1. The van der Waals surface area contributed by atoms with Gasteiger partial charge < -0.3 is 4.74 Å². The van der Waals surface area contributed by atoms with E-state index in [1.54, 1.807) is 23.6 Å². The molecule has 0 aliphatic heterocycles. The van der Waals surface area contributed by atoms with E-state index in [9.17, 15) is 4.79 Å². The summed E-state index contributed by atoms with van der Waals surface area (Å²) in [5, 5.41) is 5.74. The fraction of sp³-hybridized carbons (Fsp3) is 0.167. The van der Waals surface area contributed by atoms with Gasteiger partial charge in [0.2, 0.25) is 0 Å². The van der Waals surface area contributed by atoms with Crippen LogP contribution >= 0.6 is 46.1 Å². The number of halogens is 3. The first-order valence-corrected chi connectivity index (χ1v) is 7.63. The number of anilines is 1. The second-order valence-electron chi connectivity index (χ2n) is 3.69. The van der Waals surface area contributed by atoms with Gasteiger partial charge >= 0.3 is 0 Å². The molecule has 2 aromatic rings. The zero-order valence-corrected chi connectivity index (χ0v) is 13.1. The molecule has 1 heterocycles. The van der Waals surface area contributed by atoms with Gasteiger partial charge in [0.05, 0.1) is 16.6 Å². The first-order valence-electron chi connectivity index (χ1n) is 5.46. The summed E-state index contributed by atoms with van der Waals surface area (Å²) < 4.78 is 5.31. The number of rotatable bonds is 5. The molecule has 2 rings (SSSR count). The van der Waals surface area contributed by atoms with Crippen LogP contribution in [0.5, 0.6) is 5.75 Å². The summed E-state index contributed by atoms with van der Waals surface area (Å²) in [6, 6.07) is 4.79. The normalized spacial score (nSPS) is 10.3. The fourth-order valence-electron chi connectivity index (χ4n) is 1.31. The van der Waals surface area contributed by atoms with Crippen LogP contribution in [-0.4, -0.2) is 17.5 Å². The van der Waals surface area contributed by atoms with Crippen molar-refractivity contribution in [3.8, 4) is 5.75 Å². The molecule has 4 nitrogen and oxygen atoms in total. The highest BCUT2D eigenvalue weighted by Crippen LogP contribution is 2.27. The number of nitrogens with one attached hydrogen (secondary N) is 1. The molecule has 1 amide bonds. The zero-order chi connectivity index (χ0) is 14.5. The zero-order valence-electron chi connectivity index (χ0n) is 10.0. The monoisotopic (exact) mass is 350 g/mol. The van der Waals surface area contributed by atoms with Crippen LogP contribution in [0.15, 0.2) is 23.6 Å². The van der Waals surface area contributed by atoms with E-state index in [1.807, 2.05) is 0 Å². The second-order valence-corrected chi connectivity index (χ2v) is 5.66. The SMILES string of the molecule is O=C(COc1cc(Cl)ccc1Cl)Nc1nc(CCl)cs1. The van der Waals surface area contributed by atoms with E-state index in [4.69, 9.17) is 39.5 Å². The maximum Gasteiger partial charge on any atom is 0.264 e. The number of alkyl halides is 1. The lowest BCUT2D eigenvalue weighted by atomic mass is 10.3. The highest BCUT2D eigenvalue weighted by atomic mass is 35.5. The van der Waals surface area contributed by atoms with Crippen LogP contribution in [0.4, 0.5) is 5.13 Å². The molecule has 0 bridgehead atoms. The fourth-order valence-corrected chi connectivity index (χ4v) is 2.60. The number of amides is 1. The lowest BCUT2D eigenvalue weighted by Crippen LogP contribution is -2.20. The first kappa shape index (κ1) is 15.4. The van der Waals surface area contributed by atoms with Gasteiger partial charge in [-0.1, -0.05) is 23.2 Å². The number of nitrogens with zero attached hydrogens (tertiary/aromatic N) is 1. The van der Waals surface area contributed by atoms with Crippen molar-refractivity contribution in [2.45, 2.75) is 5.88 Å². The first-order chi connectivity index (χ1) is 9.58. The summed E-state index contributed by atoms with van der Waals surface area (Å²) in [7, 11) is 0. The Balaban J connectivity index is 1.90. The predicted octanol–water partition coefficient (Wildman–Crippen LogP) is 4.21. The maximum atomic E-state index is 11.7. The van der Waals surface area contributed by atoms with Gasteiger partial charge in [0, 0.05) is 16.5 Å². The van der Waals surface area contributed by atoms with E-state index in [-0.39, 0.29) is 12.5 Å². The Morgan fingerprint density at radius 1 is 1.40 bits per heavy atom. The average Bonchev–Trinajstić information content (AvgIpc) is 2.87. The van der Waals surface area contributed by atoms with Gasteiger partial charge in [-0.25, -0.2) is 4.98 Å². The molecule has 0 spiro atoms. The molecule has 8 heteroatoms. The quantitative estimate of drug-likeness (QED) is 0.821. The Morgan fingerprint density at radius 2 is 2.20 bits per heavy atom. The molecule has 20 heavy (non-hydrogen) atoms. The Bertz CT molecular complexity index is 618. The van der Waals surface area contributed by atoms with Crippen molar-refractivity contribution in [2.75, 3.05) is 11.9 Å². The number of ether oxygens (including phenoxy) is 1. The molecule has 0 radical (unpaired) electrons. The standard InChI is InChI=1S/C12H9Cl3N2O2S/c13-4-8-6-20-12(16-8)17-11(18)5-19-10-3-7(14)1-2-9(10)15/h1-3,6H,4-5H2,(H,16,17,18). The van der Waals surface area contributed by atoms with Crippen molar-refractivity contribution in [3.63, 3.8) is 0 Å². The van der Waals surface area contributed by atoms with E-state index < -0.39 is 0 Å². The van der Waals surface area contributed by atoms with Gasteiger partial charge in [0.25, 0.3) is 5.91 Å². The summed E-state index contributed by atoms with van der Waals surface area (Å²) in [6.45, 7) is -0.185. The second kappa shape index (κ2) is 7.13. The Hall–Kier alpha value is -1.01. The van der Waals surface area contributed by atoms with Crippen LogP contribution < -0.4 is 10.1 Å².